The van der Waals surface area contributed by atoms with Crippen LogP contribution in [0.4, 0.5) is 0 Å². The number of phosphoric acid groups is 5. The number of hydrogen-bond donors (Lipinski definition) is 10. The standard InChI is InChI=1S/C4H13N3.H7O16P5/c5-1-3-7-4-2-6;1-17(2,3)13-19(7,8)15-21(11,12)16-20(9,10)14-18(4,5)6/h7H,1-6H2;(H,7,8)(H,9,10)(H,11,12)(H2,1,2,3)(H2,4,5,6). The molecule has 0 saturated carbocycles. The zero-order chi connectivity index (χ0) is 22.9. The van der Waals surface area contributed by atoms with Crippen LogP contribution in [0.15, 0.2) is 0 Å². The Bertz CT molecular complexity index is 644. The van der Waals surface area contributed by atoms with Crippen molar-refractivity contribution in [3.8, 4) is 0 Å². The summed E-state index contributed by atoms with van der Waals surface area (Å²) in [5, 5.41) is 3.03. The fourth-order valence-electron chi connectivity index (χ4n) is 0.903. The van der Waals surface area contributed by atoms with Crippen molar-refractivity contribution in [1.29, 1.82) is 0 Å². The van der Waals surface area contributed by atoms with Crippen molar-refractivity contribution in [2.45, 2.75) is 0 Å². The molecular weight excluding hydrogens is 501 g/mol. The largest absolute Gasteiger partial charge is 0.490 e. The molecule has 0 heterocycles. The first-order valence-electron chi connectivity index (χ1n) is 6.30. The lowest BCUT2D eigenvalue weighted by Gasteiger charge is -2.18. The topological polar surface area (TPSA) is 328 Å². The van der Waals surface area contributed by atoms with Crippen LogP contribution < -0.4 is 16.8 Å². The van der Waals surface area contributed by atoms with Gasteiger partial charge in [0.1, 0.15) is 0 Å². The second kappa shape index (κ2) is 12.4. The minimum absolute atomic E-state index is 0.694. The van der Waals surface area contributed by atoms with Gasteiger partial charge in [-0.15, -0.1) is 0 Å². The first-order chi connectivity index (χ1) is 12.2. The Balaban J connectivity index is 0. The highest BCUT2D eigenvalue weighted by molar-refractivity contribution is 7.71. The van der Waals surface area contributed by atoms with Crippen LogP contribution in [-0.4, -0.2) is 60.4 Å². The zero-order valence-electron chi connectivity index (χ0n) is 13.5. The SMILES string of the molecule is NCCNCCN.O=P(O)(O)OP(=O)(O)OP(=O)(O)OP(=O)(O)OP(=O)(O)O. The van der Waals surface area contributed by atoms with Gasteiger partial charge in [0.2, 0.25) is 0 Å². The monoisotopic (exact) mass is 521 g/mol. The van der Waals surface area contributed by atoms with Crippen LogP contribution in [0.3, 0.4) is 0 Å². The summed E-state index contributed by atoms with van der Waals surface area (Å²) in [5.41, 5.74) is 10.3. The Labute approximate surface area is 157 Å². The van der Waals surface area contributed by atoms with Crippen molar-refractivity contribution in [3.63, 3.8) is 0 Å². The summed E-state index contributed by atoms with van der Waals surface area (Å²) >= 11 is 0. The van der Waals surface area contributed by atoms with Crippen LogP contribution in [-0.2, 0) is 40.1 Å². The summed E-state index contributed by atoms with van der Waals surface area (Å²) in [4.78, 5) is 58.7. The molecule has 0 fully saturated rings. The Kier molecular flexibility index (Phi) is 13.7. The van der Waals surface area contributed by atoms with Gasteiger partial charge < -0.3 is 51.0 Å². The van der Waals surface area contributed by atoms with Gasteiger partial charge in [-0.25, -0.2) is 22.8 Å². The molecule has 0 aliphatic rings. The number of nitrogens with one attached hydrogen (secondary N) is 1. The summed E-state index contributed by atoms with van der Waals surface area (Å²) in [7, 11) is -29.3. The quantitative estimate of drug-likeness (QED) is 0.0983. The van der Waals surface area contributed by atoms with Gasteiger partial charge in [-0.1, -0.05) is 0 Å². The number of hydrogen-bond acceptors (Lipinski definition) is 12. The molecule has 24 heteroatoms. The molecule has 0 aromatic carbocycles. The maximum atomic E-state index is 11.0. The van der Waals surface area contributed by atoms with E-state index in [2.05, 4.69) is 22.6 Å². The van der Waals surface area contributed by atoms with Crippen molar-refractivity contribution < 1.29 is 74.3 Å². The first-order valence-corrected chi connectivity index (χ1v) is 13.8. The van der Waals surface area contributed by atoms with E-state index in [1.165, 1.54) is 0 Å². The van der Waals surface area contributed by atoms with Crippen molar-refractivity contribution in [1.82, 2.24) is 5.32 Å². The van der Waals surface area contributed by atoms with Gasteiger partial charge in [-0.05, 0) is 0 Å². The minimum atomic E-state index is -6.07. The highest BCUT2D eigenvalue weighted by Crippen LogP contribution is 2.72. The Morgan fingerprint density at radius 2 is 0.821 bits per heavy atom. The van der Waals surface area contributed by atoms with Crippen LogP contribution in [0.1, 0.15) is 0 Å². The summed E-state index contributed by atoms with van der Waals surface area (Å²) in [6.45, 7) is 3.13. The van der Waals surface area contributed by atoms with Crippen molar-refractivity contribution in [2.24, 2.45) is 11.5 Å². The molecule has 2 unspecified atom stereocenters. The maximum Gasteiger partial charge on any atom is 0.490 e. The molecule has 0 spiro atoms. The van der Waals surface area contributed by atoms with Gasteiger partial charge in [0.25, 0.3) is 0 Å². The van der Waals surface area contributed by atoms with E-state index in [1.807, 2.05) is 0 Å². The van der Waals surface area contributed by atoms with Crippen LogP contribution in [0.5, 0.6) is 0 Å². The highest BCUT2D eigenvalue weighted by Gasteiger charge is 2.46. The van der Waals surface area contributed by atoms with Crippen LogP contribution in [0.25, 0.3) is 0 Å². The highest BCUT2D eigenvalue weighted by atomic mass is 31.3. The van der Waals surface area contributed by atoms with Gasteiger partial charge >= 0.3 is 39.1 Å². The number of nitrogens with two attached hydrogens (primary N) is 2. The van der Waals surface area contributed by atoms with E-state index >= 15 is 0 Å². The lowest BCUT2D eigenvalue weighted by Crippen LogP contribution is -2.27. The molecule has 0 aliphatic heterocycles. The average molecular weight is 521 g/mol. The molecule has 0 saturated heterocycles. The van der Waals surface area contributed by atoms with Crippen LogP contribution >= 0.6 is 39.1 Å². The third-order valence-electron chi connectivity index (χ3n) is 1.47. The lowest BCUT2D eigenvalue weighted by molar-refractivity contribution is 0.188. The molecule has 172 valence electrons. The molecule has 0 bridgehead atoms. The smallest absolute Gasteiger partial charge is 0.329 e. The third-order valence-corrected chi connectivity index (χ3v) is 8.13. The molecule has 19 nitrogen and oxygen atoms in total. The molecule has 12 N–H and O–H groups in total. The molecule has 0 amide bonds. The van der Waals surface area contributed by atoms with E-state index in [0.29, 0.717) is 13.1 Å². The molecular formula is C4H20N3O16P5. The molecule has 0 aliphatic carbocycles. The summed E-state index contributed by atoms with van der Waals surface area (Å²) in [5.74, 6) is 0. The van der Waals surface area contributed by atoms with E-state index in [-0.39, 0.29) is 0 Å². The fourth-order valence-corrected chi connectivity index (χ4v) is 6.30. The van der Waals surface area contributed by atoms with Crippen molar-refractivity contribution in [2.75, 3.05) is 26.2 Å². The van der Waals surface area contributed by atoms with Gasteiger partial charge in [0, 0.05) is 26.2 Å². The van der Waals surface area contributed by atoms with E-state index in [4.69, 9.17) is 45.7 Å². The van der Waals surface area contributed by atoms with E-state index < -0.39 is 39.1 Å². The van der Waals surface area contributed by atoms with E-state index in [0.717, 1.165) is 13.1 Å². The van der Waals surface area contributed by atoms with Crippen LogP contribution in [0.2, 0.25) is 0 Å². The second-order valence-electron chi connectivity index (χ2n) is 4.04. The van der Waals surface area contributed by atoms with Crippen molar-refractivity contribution >= 4 is 39.1 Å². The van der Waals surface area contributed by atoms with Gasteiger partial charge in [-0.2, -0.15) is 17.2 Å². The molecule has 28 heavy (non-hydrogen) atoms. The lowest BCUT2D eigenvalue weighted by atomic mass is 10.6. The average Bonchev–Trinajstić information content (AvgIpc) is 2.30. The molecule has 2 atom stereocenters. The number of rotatable bonds is 12. The maximum absolute atomic E-state index is 11.0. The summed E-state index contributed by atoms with van der Waals surface area (Å²) in [6, 6.07) is 0. The molecule has 0 aromatic rings. The third kappa shape index (κ3) is 21.3. The fraction of sp³-hybridized carbons (Fsp3) is 1.00. The Morgan fingerprint density at radius 1 is 0.571 bits per heavy atom. The predicted octanol–water partition coefficient (Wildman–Crippen LogP) is -1.97. The normalized spacial score (nSPS) is 18.9. The van der Waals surface area contributed by atoms with Crippen LogP contribution in [0, 0.1) is 0 Å². The minimum Gasteiger partial charge on any atom is -0.329 e. The molecule has 0 rings (SSSR count). The van der Waals surface area contributed by atoms with Crippen molar-refractivity contribution in [3.05, 3.63) is 0 Å². The predicted molar refractivity (Wildman–Crippen MR) is 88.9 cm³/mol. The summed E-state index contributed by atoms with van der Waals surface area (Å²) in [6.07, 6.45) is 0. The Morgan fingerprint density at radius 3 is 1.04 bits per heavy atom. The van der Waals surface area contributed by atoms with Gasteiger partial charge in [0.05, 0.1) is 0 Å². The zero-order valence-corrected chi connectivity index (χ0v) is 18.0. The molecule has 0 radical (unpaired) electrons. The van der Waals surface area contributed by atoms with E-state index in [1.54, 1.807) is 0 Å². The second-order valence-corrected chi connectivity index (χ2v) is 11.4. The molecule has 0 aromatic heterocycles. The van der Waals surface area contributed by atoms with E-state index in [9.17, 15) is 22.8 Å². The van der Waals surface area contributed by atoms with Gasteiger partial charge in [-0.3, -0.25) is 0 Å². The Hall–Kier alpha value is 0.590. The first kappa shape index (κ1) is 30.8. The summed E-state index contributed by atoms with van der Waals surface area (Å²) < 4.78 is 65.6. The van der Waals surface area contributed by atoms with Gasteiger partial charge in [0.15, 0.2) is 0 Å².